The molecule has 1 heterocycles. The number of benzene rings is 3. The Bertz CT molecular complexity index is 1210. The summed E-state index contributed by atoms with van der Waals surface area (Å²) in [7, 11) is 3.37. The molecule has 0 saturated carbocycles. The number of likely N-dealkylation sites (tertiary alicyclic amines) is 1. The van der Waals surface area contributed by atoms with Gasteiger partial charge >= 0.3 is 0 Å². The van der Waals surface area contributed by atoms with Crippen LogP contribution in [0.25, 0.3) is 11.1 Å². The van der Waals surface area contributed by atoms with Gasteiger partial charge in [0.25, 0.3) is 0 Å². The predicted molar refractivity (Wildman–Crippen MR) is 144 cm³/mol. The first-order valence-electron chi connectivity index (χ1n) is 12.8. The summed E-state index contributed by atoms with van der Waals surface area (Å²) in [5.41, 5.74) is 6.27. The summed E-state index contributed by atoms with van der Waals surface area (Å²) in [6.07, 6.45) is 3.53. The van der Waals surface area contributed by atoms with Gasteiger partial charge in [-0.25, -0.2) is 0 Å². The predicted octanol–water partition coefficient (Wildman–Crippen LogP) is 5.77. The third-order valence-electron chi connectivity index (χ3n) is 7.33. The van der Waals surface area contributed by atoms with Gasteiger partial charge in [0.1, 0.15) is 30.0 Å². The summed E-state index contributed by atoms with van der Waals surface area (Å²) in [5, 5.41) is 11.7. The van der Waals surface area contributed by atoms with Crippen LogP contribution in [-0.4, -0.2) is 50.5 Å². The number of aryl methyl sites for hydroxylation is 1. The second kappa shape index (κ2) is 11.2. The third-order valence-corrected chi connectivity index (χ3v) is 7.33. The molecule has 1 fully saturated rings. The van der Waals surface area contributed by atoms with Crippen LogP contribution < -0.4 is 14.2 Å². The quantitative estimate of drug-likeness (QED) is 0.417. The Morgan fingerprint density at radius 1 is 0.833 bits per heavy atom. The lowest BCUT2D eigenvalue weighted by Crippen LogP contribution is -2.25. The van der Waals surface area contributed by atoms with Gasteiger partial charge in [0.15, 0.2) is 0 Å². The van der Waals surface area contributed by atoms with Crippen LogP contribution in [0.15, 0.2) is 66.7 Å². The van der Waals surface area contributed by atoms with Crippen molar-refractivity contribution in [2.24, 2.45) is 0 Å². The number of nitrogens with zero attached hydrogens (tertiary/aromatic N) is 1. The van der Waals surface area contributed by atoms with Crippen LogP contribution in [0.2, 0.25) is 0 Å². The molecule has 3 aromatic carbocycles. The Morgan fingerprint density at radius 3 is 2.31 bits per heavy atom. The summed E-state index contributed by atoms with van der Waals surface area (Å²) in [5.74, 6) is 2.48. The van der Waals surface area contributed by atoms with Crippen molar-refractivity contribution in [1.82, 2.24) is 4.90 Å². The van der Waals surface area contributed by atoms with E-state index in [2.05, 4.69) is 23.1 Å². The number of allylic oxidation sites excluding steroid dienone is 1. The van der Waals surface area contributed by atoms with Crippen LogP contribution in [0.1, 0.15) is 47.6 Å². The molecule has 0 spiro atoms. The molecule has 1 aliphatic heterocycles. The fourth-order valence-electron chi connectivity index (χ4n) is 5.36. The number of rotatable bonds is 9. The smallest absolute Gasteiger partial charge is 0.119 e. The maximum absolute atomic E-state index is 11.7. The molecular weight excluding hydrogens is 450 g/mol. The van der Waals surface area contributed by atoms with E-state index in [0.717, 1.165) is 64.5 Å². The molecule has 0 radical (unpaired) electrons. The van der Waals surface area contributed by atoms with Crippen molar-refractivity contribution in [2.75, 3.05) is 40.5 Å². The number of hydrogen-bond donors (Lipinski definition) is 1. The van der Waals surface area contributed by atoms with Crippen molar-refractivity contribution < 1.29 is 19.3 Å². The van der Waals surface area contributed by atoms with Crippen LogP contribution in [0.3, 0.4) is 0 Å². The van der Waals surface area contributed by atoms with E-state index in [1.807, 2.05) is 48.5 Å². The van der Waals surface area contributed by atoms with Gasteiger partial charge in [0, 0.05) is 6.54 Å². The van der Waals surface area contributed by atoms with Gasteiger partial charge < -0.3 is 19.3 Å². The number of aliphatic hydroxyl groups excluding tert-OH is 1. The van der Waals surface area contributed by atoms with Crippen LogP contribution in [0.4, 0.5) is 0 Å². The van der Waals surface area contributed by atoms with Crippen LogP contribution in [-0.2, 0) is 6.42 Å². The maximum Gasteiger partial charge on any atom is 0.119 e. The molecule has 5 heteroatoms. The number of hydrogen-bond acceptors (Lipinski definition) is 5. The van der Waals surface area contributed by atoms with Crippen LogP contribution in [0, 0.1) is 0 Å². The molecule has 0 amide bonds. The summed E-state index contributed by atoms with van der Waals surface area (Å²) < 4.78 is 16.9. The van der Waals surface area contributed by atoms with Gasteiger partial charge in [-0.05, 0) is 109 Å². The Morgan fingerprint density at radius 2 is 1.56 bits per heavy atom. The molecule has 188 valence electrons. The molecule has 1 unspecified atom stereocenters. The van der Waals surface area contributed by atoms with E-state index >= 15 is 0 Å². The zero-order chi connectivity index (χ0) is 24.9. The van der Waals surface area contributed by atoms with E-state index < -0.39 is 6.10 Å². The topological polar surface area (TPSA) is 51.2 Å². The molecule has 1 aliphatic carbocycles. The van der Waals surface area contributed by atoms with Crippen molar-refractivity contribution in [3.05, 3.63) is 89.0 Å². The monoisotopic (exact) mass is 485 g/mol. The second-order valence-corrected chi connectivity index (χ2v) is 9.52. The summed E-state index contributed by atoms with van der Waals surface area (Å²) >= 11 is 0. The molecule has 1 N–H and O–H groups in total. The molecule has 5 nitrogen and oxygen atoms in total. The molecule has 3 aromatic rings. The highest BCUT2D eigenvalue weighted by Gasteiger charge is 2.27. The lowest BCUT2D eigenvalue weighted by atomic mass is 9.79. The van der Waals surface area contributed by atoms with Crippen molar-refractivity contribution >= 4 is 11.1 Å². The van der Waals surface area contributed by atoms with Crippen molar-refractivity contribution in [3.8, 4) is 17.2 Å². The molecule has 0 aromatic heterocycles. The summed E-state index contributed by atoms with van der Waals surface area (Å²) in [6, 6.07) is 22.1. The highest BCUT2D eigenvalue weighted by atomic mass is 16.5. The Balaban J connectivity index is 1.44. The molecule has 36 heavy (non-hydrogen) atoms. The Hall–Kier alpha value is -3.28. The summed E-state index contributed by atoms with van der Waals surface area (Å²) in [6.45, 7) is 3.99. The number of ether oxygens (including phenoxy) is 3. The largest absolute Gasteiger partial charge is 0.497 e. The average Bonchev–Trinajstić information content (AvgIpc) is 3.45. The first-order chi connectivity index (χ1) is 17.7. The Labute approximate surface area is 213 Å². The third kappa shape index (κ3) is 5.28. The normalized spacial score (nSPS) is 16.5. The lowest BCUT2D eigenvalue weighted by molar-refractivity contribution is 0.234. The zero-order valence-electron chi connectivity index (χ0n) is 21.2. The second-order valence-electron chi connectivity index (χ2n) is 9.52. The lowest BCUT2D eigenvalue weighted by Gasteiger charge is -2.28. The minimum absolute atomic E-state index is 0.683. The molecule has 1 atom stereocenters. The zero-order valence-corrected chi connectivity index (χ0v) is 21.2. The maximum atomic E-state index is 11.7. The first-order valence-corrected chi connectivity index (χ1v) is 12.8. The van der Waals surface area contributed by atoms with Gasteiger partial charge in [-0.3, -0.25) is 4.90 Å². The van der Waals surface area contributed by atoms with E-state index in [9.17, 15) is 5.11 Å². The SMILES string of the molecule is COc1cccc(C2=C(C(O)c3ccc(OCCN4CCCC4)cc3)c3ccc(OC)cc3CC2)c1. The average molecular weight is 486 g/mol. The van der Waals surface area contributed by atoms with E-state index in [0.29, 0.717) is 6.61 Å². The highest BCUT2D eigenvalue weighted by molar-refractivity contribution is 5.95. The summed E-state index contributed by atoms with van der Waals surface area (Å²) in [4.78, 5) is 2.44. The van der Waals surface area contributed by atoms with Crippen LogP contribution >= 0.6 is 0 Å². The first kappa shape index (κ1) is 24.4. The van der Waals surface area contributed by atoms with Gasteiger partial charge in [-0.15, -0.1) is 0 Å². The van der Waals surface area contributed by atoms with Crippen molar-refractivity contribution in [3.63, 3.8) is 0 Å². The molecule has 5 rings (SSSR count). The number of methoxy groups -OCH3 is 2. The molecular formula is C31H35NO4. The van der Waals surface area contributed by atoms with Gasteiger partial charge in [-0.2, -0.15) is 0 Å². The highest BCUT2D eigenvalue weighted by Crippen LogP contribution is 2.45. The fourth-order valence-corrected chi connectivity index (χ4v) is 5.36. The fraction of sp³-hybridized carbons (Fsp3) is 0.355. The Kier molecular flexibility index (Phi) is 7.59. The van der Waals surface area contributed by atoms with E-state index in [1.54, 1.807) is 14.2 Å². The number of fused-ring (bicyclic) bond motifs is 1. The van der Waals surface area contributed by atoms with Gasteiger partial charge in [0.05, 0.1) is 14.2 Å². The van der Waals surface area contributed by atoms with E-state index in [4.69, 9.17) is 14.2 Å². The molecule has 2 aliphatic rings. The van der Waals surface area contributed by atoms with Crippen LogP contribution in [0.5, 0.6) is 17.2 Å². The van der Waals surface area contributed by atoms with E-state index in [1.165, 1.54) is 31.5 Å². The number of aliphatic hydroxyl groups is 1. The van der Waals surface area contributed by atoms with Gasteiger partial charge in [0.2, 0.25) is 0 Å². The molecule has 1 saturated heterocycles. The van der Waals surface area contributed by atoms with E-state index in [-0.39, 0.29) is 0 Å². The van der Waals surface area contributed by atoms with Crippen molar-refractivity contribution in [1.29, 1.82) is 0 Å². The standard InChI is InChI=1S/C31H35NO4/c1-34-26-7-5-6-23(20-26)28-14-10-24-21-27(35-2)13-15-29(24)30(28)31(33)22-8-11-25(12-9-22)36-19-18-32-16-3-4-17-32/h5-9,11-13,15,20-21,31,33H,3-4,10,14,16-19H2,1-2H3. The van der Waals surface area contributed by atoms with Crippen molar-refractivity contribution in [2.45, 2.75) is 31.8 Å². The minimum atomic E-state index is -0.766. The van der Waals surface area contributed by atoms with Gasteiger partial charge in [-0.1, -0.05) is 30.3 Å². The molecule has 0 bridgehead atoms. The minimum Gasteiger partial charge on any atom is -0.497 e.